The van der Waals surface area contributed by atoms with Crippen LogP contribution in [0.1, 0.15) is 27.7 Å². The molecule has 0 aromatic carbocycles. The molecule has 1 aromatic heterocycles. The molecule has 2 rings (SSSR count). The molecule has 19 heavy (non-hydrogen) atoms. The minimum Gasteiger partial charge on any atom is -0.349 e. The van der Waals surface area contributed by atoms with Gasteiger partial charge < -0.3 is 14.8 Å². The molecule has 0 unspecified atom stereocenters. The average Bonchev–Trinajstić information content (AvgIpc) is 2.30. The lowest BCUT2D eigenvalue weighted by molar-refractivity contribution is 0.350. The summed E-state index contributed by atoms with van der Waals surface area (Å²) in [6.07, 6.45) is 3.51. The van der Waals surface area contributed by atoms with Gasteiger partial charge in [-0.05, 0) is 19.8 Å². The van der Waals surface area contributed by atoms with Crippen molar-refractivity contribution in [3.05, 3.63) is 22.7 Å². The van der Waals surface area contributed by atoms with Crippen molar-refractivity contribution >= 4 is 5.82 Å². The van der Waals surface area contributed by atoms with Crippen LogP contribution in [0.25, 0.3) is 0 Å². The number of rotatable bonds is 3. The maximum absolute atomic E-state index is 12.5. The Bertz CT molecular complexity index is 492. The molecule has 1 saturated heterocycles. The van der Waals surface area contributed by atoms with Gasteiger partial charge in [-0.25, -0.2) is 4.98 Å². The fraction of sp³-hybridized carbons (Fsp3) is 0.714. The smallest absolute Gasteiger partial charge is 0.293 e. The largest absolute Gasteiger partial charge is 0.349 e. The molecule has 5 heteroatoms. The number of nitrogens with one attached hydrogen (secondary N) is 1. The lowest BCUT2D eigenvalue weighted by Crippen LogP contribution is -2.58. The van der Waals surface area contributed by atoms with E-state index >= 15 is 0 Å². The molecule has 0 atom stereocenters. The molecule has 1 aliphatic rings. The van der Waals surface area contributed by atoms with Crippen molar-refractivity contribution < 1.29 is 0 Å². The van der Waals surface area contributed by atoms with E-state index in [4.69, 9.17) is 0 Å². The van der Waals surface area contributed by atoms with Crippen molar-refractivity contribution in [3.63, 3.8) is 0 Å². The third-order valence-electron chi connectivity index (χ3n) is 3.33. The molecule has 0 spiro atoms. The Morgan fingerprint density at radius 3 is 2.84 bits per heavy atom. The summed E-state index contributed by atoms with van der Waals surface area (Å²) < 4.78 is 1.77. The molecular formula is C14H24N4O. The summed E-state index contributed by atoms with van der Waals surface area (Å²) >= 11 is 0. The summed E-state index contributed by atoms with van der Waals surface area (Å²) in [6, 6.07) is 0. The van der Waals surface area contributed by atoms with E-state index < -0.39 is 0 Å². The molecule has 1 N–H and O–H groups in total. The topological polar surface area (TPSA) is 50.2 Å². The van der Waals surface area contributed by atoms with E-state index in [1.54, 1.807) is 17.0 Å². The number of piperazine rings is 1. The van der Waals surface area contributed by atoms with Crippen molar-refractivity contribution in [2.45, 2.75) is 39.8 Å². The van der Waals surface area contributed by atoms with Crippen LogP contribution in [0.15, 0.2) is 17.2 Å². The van der Waals surface area contributed by atoms with Crippen molar-refractivity contribution in [1.82, 2.24) is 14.9 Å². The fourth-order valence-electron chi connectivity index (χ4n) is 2.51. The lowest BCUT2D eigenvalue weighted by Gasteiger charge is -2.39. The highest BCUT2D eigenvalue weighted by atomic mass is 16.1. The van der Waals surface area contributed by atoms with Crippen molar-refractivity contribution in [1.29, 1.82) is 0 Å². The third kappa shape index (κ3) is 3.35. The standard InChI is InChI=1S/C14H24N4O/c1-11(2)9-17-7-5-15-12(13(17)19)18-8-6-16-14(3,4)10-18/h5,7,11,16H,6,8-10H2,1-4H3. The number of aromatic nitrogens is 2. The number of hydrogen-bond donors (Lipinski definition) is 1. The summed E-state index contributed by atoms with van der Waals surface area (Å²) in [5.74, 6) is 1.03. The second-order valence-electron chi connectivity index (χ2n) is 6.33. The SMILES string of the molecule is CC(C)Cn1ccnc(N2CCNC(C)(C)C2)c1=O. The molecule has 5 nitrogen and oxygen atoms in total. The Balaban J connectivity index is 2.27. The monoisotopic (exact) mass is 264 g/mol. The van der Waals surface area contributed by atoms with Gasteiger partial charge in [0, 0.05) is 44.1 Å². The van der Waals surface area contributed by atoms with Crippen molar-refractivity contribution in [2.75, 3.05) is 24.5 Å². The Morgan fingerprint density at radius 2 is 2.21 bits per heavy atom. The van der Waals surface area contributed by atoms with E-state index in [0.29, 0.717) is 11.7 Å². The van der Waals surface area contributed by atoms with Crippen molar-refractivity contribution in [3.8, 4) is 0 Å². The van der Waals surface area contributed by atoms with Gasteiger partial charge in [0.15, 0.2) is 5.82 Å². The molecule has 1 aromatic rings. The van der Waals surface area contributed by atoms with Gasteiger partial charge in [0.2, 0.25) is 0 Å². The molecule has 106 valence electrons. The van der Waals surface area contributed by atoms with Crippen LogP contribution in [0.4, 0.5) is 5.82 Å². The summed E-state index contributed by atoms with van der Waals surface area (Å²) in [5, 5.41) is 3.45. The van der Waals surface area contributed by atoms with Crippen LogP contribution in [0.2, 0.25) is 0 Å². The predicted octanol–water partition coefficient (Wildman–Crippen LogP) is 1.09. The van der Waals surface area contributed by atoms with Gasteiger partial charge in [0.05, 0.1) is 0 Å². The van der Waals surface area contributed by atoms with Gasteiger partial charge >= 0.3 is 0 Å². The highest BCUT2D eigenvalue weighted by Gasteiger charge is 2.27. The number of hydrogen-bond acceptors (Lipinski definition) is 4. The molecule has 0 bridgehead atoms. The zero-order chi connectivity index (χ0) is 14.0. The van der Waals surface area contributed by atoms with Crippen LogP contribution in [0.5, 0.6) is 0 Å². The number of nitrogens with zero attached hydrogens (tertiary/aromatic N) is 3. The summed E-state index contributed by atoms with van der Waals surface area (Å²) in [5.41, 5.74) is 0.0411. The van der Waals surface area contributed by atoms with Gasteiger partial charge in [-0.15, -0.1) is 0 Å². The van der Waals surface area contributed by atoms with Crippen LogP contribution in [-0.2, 0) is 6.54 Å². The third-order valence-corrected chi connectivity index (χ3v) is 3.33. The minimum atomic E-state index is 0.0189. The van der Waals surface area contributed by atoms with Gasteiger partial charge in [0.1, 0.15) is 0 Å². The summed E-state index contributed by atoms with van der Waals surface area (Å²) in [6.45, 7) is 11.8. The first kappa shape index (κ1) is 14.1. The molecule has 0 radical (unpaired) electrons. The Labute approximate surface area is 114 Å². The van der Waals surface area contributed by atoms with Crippen LogP contribution in [0, 0.1) is 5.92 Å². The van der Waals surface area contributed by atoms with Crippen molar-refractivity contribution in [2.24, 2.45) is 5.92 Å². The normalized spacial score (nSPS) is 18.9. The minimum absolute atomic E-state index is 0.0189. The Morgan fingerprint density at radius 1 is 1.47 bits per heavy atom. The second kappa shape index (κ2) is 5.33. The fourth-order valence-corrected chi connectivity index (χ4v) is 2.51. The first-order valence-electron chi connectivity index (χ1n) is 6.94. The second-order valence-corrected chi connectivity index (χ2v) is 6.33. The average molecular weight is 264 g/mol. The predicted molar refractivity (Wildman–Crippen MR) is 77.6 cm³/mol. The molecular weight excluding hydrogens is 240 g/mol. The zero-order valence-corrected chi connectivity index (χ0v) is 12.3. The van der Waals surface area contributed by atoms with E-state index in [1.165, 1.54) is 0 Å². The van der Waals surface area contributed by atoms with E-state index in [9.17, 15) is 4.79 Å². The van der Waals surface area contributed by atoms with Crippen LogP contribution in [0.3, 0.4) is 0 Å². The van der Waals surface area contributed by atoms with Gasteiger partial charge in [-0.3, -0.25) is 4.79 Å². The maximum atomic E-state index is 12.5. The number of anilines is 1. The van der Waals surface area contributed by atoms with E-state index in [2.05, 4.69) is 42.9 Å². The Hall–Kier alpha value is -1.36. The first-order valence-corrected chi connectivity index (χ1v) is 6.94. The Kier molecular flexibility index (Phi) is 3.94. The van der Waals surface area contributed by atoms with E-state index in [-0.39, 0.29) is 11.1 Å². The molecule has 1 fully saturated rings. The molecule has 0 amide bonds. The van der Waals surface area contributed by atoms with E-state index in [1.807, 2.05) is 0 Å². The zero-order valence-electron chi connectivity index (χ0n) is 12.3. The van der Waals surface area contributed by atoms with Gasteiger partial charge in [-0.1, -0.05) is 13.8 Å². The highest BCUT2D eigenvalue weighted by Crippen LogP contribution is 2.14. The van der Waals surface area contributed by atoms with Crippen LogP contribution >= 0.6 is 0 Å². The van der Waals surface area contributed by atoms with Gasteiger partial charge in [-0.2, -0.15) is 0 Å². The van der Waals surface area contributed by atoms with Crippen LogP contribution < -0.4 is 15.8 Å². The lowest BCUT2D eigenvalue weighted by atomic mass is 10.0. The molecule has 0 saturated carbocycles. The molecule has 0 aliphatic carbocycles. The first-order chi connectivity index (χ1) is 8.89. The summed E-state index contributed by atoms with van der Waals surface area (Å²) in [4.78, 5) is 18.8. The van der Waals surface area contributed by atoms with E-state index in [0.717, 1.165) is 26.2 Å². The summed E-state index contributed by atoms with van der Waals surface area (Å²) in [7, 11) is 0. The highest BCUT2D eigenvalue weighted by molar-refractivity contribution is 5.37. The molecule has 1 aliphatic heterocycles. The van der Waals surface area contributed by atoms with Gasteiger partial charge in [0.25, 0.3) is 5.56 Å². The quantitative estimate of drug-likeness (QED) is 0.888. The van der Waals surface area contributed by atoms with Crippen LogP contribution in [-0.4, -0.2) is 34.7 Å². The molecule has 2 heterocycles. The maximum Gasteiger partial charge on any atom is 0.293 e.